The van der Waals surface area contributed by atoms with E-state index in [1.165, 1.54) is 37.0 Å². The molecule has 114 valence electrons. The van der Waals surface area contributed by atoms with E-state index in [2.05, 4.69) is 32.2 Å². The Hall–Kier alpha value is -0.0500. The molecule has 1 aromatic heterocycles. The predicted molar refractivity (Wildman–Crippen MR) is 90.9 cm³/mol. The van der Waals surface area contributed by atoms with Gasteiger partial charge in [-0.3, -0.25) is 0 Å². The fourth-order valence-corrected chi connectivity index (χ4v) is 4.38. The number of hydrogen-bond acceptors (Lipinski definition) is 2. The Balaban J connectivity index is 1.96. The summed E-state index contributed by atoms with van der Waals surface area (Å²) >= 11 is 7.81. The van der Waals surface area contributed by atoms with Gasteiger partial charge in [-0.2, -0.15) is 0 Å². The zero-order valence-corrected chi connectivity index (χ0v) is 14.6. The van der Waals surface area contributed by atoms with E-state index in [9.17, 15) is 0 Å². The van der Waals surface area contributed by atoms with Crippen LogP contribution in [0.1, 0.15) is 57.8 Å². The quantitative estimate of drug-likeness (QED) is 0.728. The van der Waals surface area contributed by atoms with Crippen LogP contribution in [-0.2, 0) is 6.42 Å². The lowest BCUT2D eigenvalue weighted by molar-refractivity contribution is 0.161. The Kier molecular flexibility index (Phi) is 5.95. The average Bonchev–Trinajstić information content (AvgIpc) is 2.80. The highest BCUT2D eigenvalue weighted by molar-refractivity contribution is 7.16. The molecule has 1 saturated carbocycles. The Bertz CT molecular complexity index is 403. The summed E-state index contributed by atoms with van der Waals surface area (Å²) in [4.78, 5) is 1.42. The number of nitrogens with one attached hydrogen (secondary N) is 1. The first-order chi connectivity index (χ1) is 9.50. The first-order valence-corrected chi connectivity index (χ1v) is 9.17. The number of hydrogen-bond donors (Lipinski definition) is 1. The molecule has 1 fully saturated rings. The van der Waals surface area contributed by atoms with Crippen molar-refractivity contribution in [3.8, 4) is 0 Å². The molecule has 1 heterocycles. The molecule has 0 spiro atoms. The zero-order valence-electron chi connectivity index (χ0n) is 13.0. The van der Waals surface area contributed by atoms with Gasteiger partial charge >= 0.3 is 0 Å². The maximum atomic E-state index is 6.07. The second-order valence-corrected chi connectivity index (χ2v) is 8.77. The van der Waals surface area contributed by atoms with E-state index in [-0.39, 0.29) is 0 Å². The van der Waals surface area contributed by atoms with Gasteiger partial charge in [-0.25, -0.2) is 0 Å². The van der Waals surface area contributed by atoms with E-state index < -0.39 is 0 Å². The third kappa shape index (κ3) is 4.75. The smallest absolute Gasteiger partial charge is 0.0931 e. The van der Waals surface area contributed by atoms with Crippen molar-refractivity contribution in [1.82, 2.24) is 5.32 Å². The summed E-state index contributed by atoms with van der Waals surface area (Å²) in [7, 11) is 0. The Labute approximate surface area is 133 Å². The van der Waals surface area contributed by atoms with Crippen LogP contribution in [0.25, 0.3) is 0 Å². The summed E-state index contributed by atoms with van der Waals surface area (Å²) in [6, 6.07) is 4.85. The molecule has 0 aliphatic heterocycles. The maximum Gasteiger partial charge on any atom is 0.0931 e. The molecule has 0 saturated heterocycles. The van der Waals surface area contributed by atoms with Crippen LogP contribution in [-0.4, -0.2) is 12.6 Å². The summed E-state index contributed by atoms with van der Waals surface area (Å²) in [5, 5.41) is 3.79. The lowest BCUT2D eigenvalue weighted by Crippen LogP contribution is -2.41. The van der Waals surface area contributed by atoms with E-state index in [1.807, 2.05) is 6.07 Å². The molecule has 0 amide bonds. The van der Waals surface area contributed by atoms with Crippen molar-refractivity contribution in [2.75, 3.05) is 6.54 Å². The molecule has 2 rings (SSSR count). The van der Waals surface area contributed by atoms with E-state index in [1.54, 1.807) is 11.3 Å². The molecule has 1 atom stereocenters. The summed E-state index contributed by atoms with van der Waals surface area (Å²) in [6.45, 7) is 8.20. The van der Waals surface area contributed by atoms with Crippen molar-refractivity contribution in [3.63, 3.8) is 0 Å². The van der Waals surface area contributed by atoms with Crippen LogP contribution in [0, 0.1) is 11.3 Å². The van der Waals surface area contributed by atoms with Crippen LogP contribution < -0.4 is 5.32 Å². The van der Waals surface area contributed by atoms with Crippen LogP contribution in [0.4, 0.5) is 0 Å². The van der Waals surface area contributed by atoms with Gasteiger partial charge in [0.15, 0.2) is 0 Å². The minimum Gasteiger partial charge on any atom is -0.313 e. The standard InChI is InChI=1S/C17H28ClNS/c1-4-11-19-15(12-14-5-6-16(18)20-14)13-7-9-17(2,3)10-8-13/h5-6,13,15,19H,4,7-12H2,1-3H3. The summed E-state index contributed by atoms with van der Waals surface area (Å²) in [5.74, 6) is 0.829. The van der Waals surface area contributed by atoms with Crippen molar-refractivity contribution < 1.29 is 0 Å². The first-order valence-electron chi connectivity index (χ1n) is 7.98. The Morgan fingerprint density at radius 2 is 2.05 bits per heavy atom. The molecule has 3 heteroatoms. The summed E-state index contributed by atoms with van der Waals surface area (Å²) in [5.41, 5.74) is 0.554. The van der Waals surface area contributed by atoms with Crippen LogP contribution in [0.5, 0.6) is 0 Å². The number of halogens is 1. The van der Waals surface area contributed by atoms with Gasteiger partial charge in [0.1, 0.15) is 0 Å². The third-order valence-electron chi connectivity index (χ3n) is 4.66. The topological polar surface area (TPSA) is 12.0 Å². The molecule has 1 aliphatic rings. The Morgan fingerprint density at radius 3 is 2.60 bits per heavy atom. The first kappa shape index (κ1) is 16.3. The summed E-state index contributed by atoms with van der Waals surface area (Å²) < 4.78 is 0.916. The Morgan fingerprint density at radius 1 is 1.35 bits per heavy atom. The van der Waals surface area contributed by atoms with Gasteiger partial charge in [-0.1, -0.05) is 32.4 Å². The fourth-order valence-electron chi connectivity index (χ4n) is 3.24. The molecular formula is C17H28ClNS. The molecule has 0 bridgehead atoms. The van der Waals surface area contributed by atoms with Gasteiger partial charge in [-0.05, 0) is 68.5 Å². The van der Waals surface area contributed by atoms with E-state index >= 15 is 0 Å². The van der Waals surface area contributed by atoms with Gasteiger partial charge in [0, 0.05) is 10.9 Å². The predicted octanol–water partition coefficient (Wildman–Crippen LogP) is 5.53. The molecule has 20 heavy (non-hydrogen) atoms. The van der Waals surface area contributed by atoms with Gasteiger partial charge < -0.3 is 5.32 Å². The average molecular weight is 314 g/mol. The van der Waals surface area contributed by atoms with Gasteiger partial charge in [0.05, 0.1) is 4.34 Å². The van der Waals surface area contributed by atoms with E-state index in [4.69, 9.17) is 11.6 Å². The number of rotatable bonds is 6. The van der Waals surface area contributed by atoms with Crippen molar-refractivity contribution in [2.45, 2.75) is 65.3 Å². The SMILES string of the molecule is CCCNC(Cc1ccc(Cl)s1)C1CCC(C)(C)CC1. The monoisotopic (exact) mass is 313 g/mol. The lowest BCUT2D eigenvalue weighted by atomic mass is 9.70. The van der Waals surface area contributed by atoms with Crippen molar-refractivity contribution in [3.05, 3.63) is 21.3 Å². The largest absolute Gasteiger partial charge is 0.313 e. The molecule has 1 nitrogen and oxygen atoms in total. The van der Waals surface area contributed by atoms with E-state index in [0.29, 0.717) is 11.5 Å². The highest BCUT2D eigenvalue weighted by atomic mass is 35.5. The van der Waals surface area contributed by atoms with Gasteiger partial charge in [0.25, 0.3) is 0 Å². The molecule has 1 aliphatic carbocycles. The second kappa shape index (κ2) is 7.29. The van der Waals surface area contributed by atoms with Crippen LogP contribution in [0.3, 0.4) is 0 Å². The maximum absolute atomic E-state index is 6.07. The molecule has 0 aromatic carbocycles. The highest BCUT2D eigenvalue weighted by Crippen LogP contribution is 2.40. The summed E-state index contributed by atoms with van der Waals surface area (Å²) in [6.07, 6.45) is 7.82. The highest BCUT2D eigenvalue weighted by Gasteiger charge is 2.31. The fraction of sp³-hybridized carbons (Fsp3) is 0.765. The molecule has 1 N–H and O–H groups in total. The molecule has 0 radical (unpaired) electrons. The van der Waals surface area contributed by atoms with Crippen LogP contribution in [0.2, 0.25) is 4.34 Å². The minimum absolute atomic E-state index is 0.554. The van der Waals surface area contributed by atoms with Crippen molar-refractivity contribution in [2.24, 2.45) is 11.3 Å². The lowest BCUT2D eigenvalue weighted by Gasteiger charge is -2.38. The molecule has 1 aromatic rings. The zero-order chi connectivity index (χ0) is 14.6. The minimum atomic E-state index is 0.554. The van der Waals surface area contributed by atoms with Gasteiger partial charge in [0.2, 0.25) is 0 Å². The molecule has 1 unspecified atom stereocenters. The van der Waals surface area contributed by atoms with Crippen molar-refractivity contribution in [1.29, 1.82) is 0 Å². The van der Waals surface area contributed by atoms with Gasteiger partial charge in [-0.15, -0.1) is 11.3 Å². The third-order valence-corrected chi connectivity index (χ3v) is 5.91. The van der Waals surface area contributed by atoms with Crippen LogP contribution >= 0.6 is 22.9 Å². The number of thiophene rings is 1. The second-order valence-electron chi connectivity index (χ2n) is 6.97. The van der Waals surface area contributed by atoms with Crippen molar-refractivity contribution >= 4 is 22.9 Å². The van der Waals surface area contributed by atoms with Crippen LogP contribution in [0.15, 0.2) is 12.1 Å². The van der Waals surface area contributed by atoms with E-state index in [0.717, 1.165) is 23.2 Å². The normalized spacial score (nSPS) is 21.0. The molecular weight excluding hydrogens is 286 g/mol.